The van der Waals surface area contributed by atoms with E-state index in [4.69, 9.17) is 4.74 Å². The molecule has 1 aromatic rings. The van der Waals surface area contributed by atoms with Crippen LogP contribution in [0.1, 0.15) is 129 Å². The molecule has 7 unspecified atom stereocenters. The standard InChI is InChI=1S/C48H69N3O5S/c1-43(2)37(34-14-21-47(22-15-34,42(52)53)33-56-32-36-10-7-6-9-35(36)31-49)16-19-44(3)40(43)17-20-46(5)41(44)13-12-38-39-11-8-18-48(39,24-23-45(38,46)4)50-25-26-51-27-29-57(54,55)30-28-51/h6-7,9-10,14,16,38-41,50H,8,11-13,15,17-30,32-33H2,1-5H3,(H,52,53)/t38?,39-,40?,41?,44?,45-,46?,47?,48?/m1/s1. The highest BCUT2D eigenvalue weighted by atomic mass is 32.2. The number of nitriles is 1. The van der Waals surface area contributed by atoms with Crippen LogP contribution in [0, 0.1) is 62.1 Å². The summed E-state index contributed by atoms with van der Waals surface area (Å²) in [7, 11) is -2.85. The molecular formula is C48H69N3O5S. The van der Waals surface area contributed by atoms with Crippen LogP contribution < -0.4 is 5.32 Å². The average molecular weight is 800 g/mol. The molecule has 0 bridgehead atoms. The van der Waals surface area contributed by atoms with Gasteiger partial charge in [-0.15, -0.1) is 0 Å². The van der Waals surface area contributed by atoms with Gasteiger partial charge in [-0.2, -0.15) is 5.26 Å². The number of allylic oxidation sites excluding steroid dienone is 4. The maximum absolute atomic E-state index is 12.8. The summed E-state index contributed by atoms with van der Waals surface area (Å²) in [6, 6.07) is 9.59. The van der Waals surface area contributed by atoms with Crippen LogP contribution >= 0.6 is 0 Å². The molecule has 1 aliphatic heterocycles. The summed E-state index contributed by atoms with van der Waals surface area (Å²) >= 11 is 0. The number of nitrogens with zero attached hydrogens (tertiary/aromatic N) is 2. The fraction of sp³-hybridized carbons (Fsp3) is 0.750. The molecule has 4 saturated carbocycles. The van der Waals surface area contributed by atoms with Crippen molar-refractivity contribution in [2.24, 2.45) is 50.7 Å². The van der Waals surface area contributed by atoms with E-state index in [0.29, 0.717) is 65.7 Å². The van der Waals surface area contributed by atoms with Crippen LogP contribution in [-0.2, 0) is 26.0 Å². The average Bonchev–Trinajstić information content (AvgIpc) is 3.60. The molecule has 2 N–H and O–H groups in total. The number of ether oxygens (including phenoxy) is 1. The molecule has 0 aromatic heterocycles. The number of carboxylic acids is 1. The summed E-state index contributed by atoms with van der Waals surface area (Å²) in [6.45, 7) is 16.7. The van der Waals surface area contributed by atoms with Crippen molar-refractivity contribution in [3.63, 3.8) is 0 Å². The maximum Gasteiger partial charge on any atom is 0.312 e. The fourth-order valence-electron chi connectivity index (χ4n) is 15.1. The van der Waals surface area contributed by atoms with Gasteiger partial charge in [-0.3, -0.25) is 4.79 Å². The predicted molar refractivity (Wildman–Crippen MR) is 225 cm³/mol. The normalized spacial score (nSPS) is 41.0. The first-order valence-corrected chi connectivity index (χ1v) is 24.2. The van der Waals surface area contributed by atoms with E-state index in [0.717, 1.165) is 43.3 Å². The van der Waals surface area contributed by atoms with Crippen molar-refractivity contribution >= 4 is 15.8 Å². The van der Waals surface area contributed by atoms with Gasteiger partial charge in [-0.05, 0) is 145 Å². The van der Waals surface area contributed by atoms with E-state index in [1.165, 1.54) is 68.9 Å². The number of aliphatic carboxylic acids is 1. The molecule has 5 fully saturated rings. The van der Waals surface area contributed by atoms with Crippen molar-refractivity contribution in [3.8, 4) is 6.07 Å². The van der Waals surface area contributed by atoms with E-state index < -0.39 is 21.2 Å². The Morgan fingerprint density at radius 2 is 1.68 bits per heavy atom. The van der Waals surface area contributed by atoms with E-state index in [-0.39, 0.29) is 29.6 Å². The summed E-state index contributed by atoms with van der Waals surface area (Å²) in [5.41, 5.74) is 4.32. The Bertz CT molecular complexity index is 1940. The van der Waals surface area contributed by atoms with Gasteiger partial charge in [0.05, 0.1) is 41.8 Å². The number of fused-ring (bicyclic) bond motifs is 7. The number of hydrogen-bond donors (Lipinski definition) is 2. The van der Waals surface area contributed by atoms with Gasteiger partial charge in [0.15, 0.2) is 9.84 Å². The first-order chi connectivity index (χ1) is 27.0. The molecule has 312 valence electrons. The summed E-state index contributed by atoms with van der Waals surface area (Å²) in [5, 5.41) is 24.1. The van der Waals surface area contributed by atoms with E-state index in [1.54, 1.807) is 6.07 Å². The highest BCUT2D eigenvalue weighted by Gasteiger charge is 2.69. The number of sulfone groups is 1. The fourth-order valence-corrected chi connectivity index (χ4v) is 16.4. The van der Waals surface area contributed by atoms with E-state index in [9.17, 15) is 23.6 Å². The van der Waals surface area contributed by atoms with Crippen molar-refractivity contribution in [3.05, 3.63) is 58.7 Å². The molecule has 9 atom stereocenters. The Labute approximate surface area is 343 Å². The molecule has 0 amide bonds. The second-order valence-electron chi connectivity index (χ2n) is 21.1. The second-order valence-corrected chi connectivity index (χ2v) is 23.4. The SMILES string of the molecule is CC1(C)C(C2=CCC(COCc3ccccc3C#N)(C(=O)O)CC2)=CCC2(C)C1CCC1(C)C2CCC2[C@H]3CCCC3(NCCN3CCS(=O)(=O)CC3)CC[C@]21C. The molecular weight excluding hydrogens is 731 g/mol. The van der Waals surface area contributed by atoms with Crippen LogP contribution in [0.25, 0.3) is 0 Å². The zero-order chi connectivity index (χ0) is 40.5. The molecule has 0 radical (unpaired) electrons. The van der Waals surface area contributed by atoms with Crippen LogP contribution in [0.4, 0.5) is 0 Å². The Hall–Kier alpha value is -2.51. The number of carbonyl (C=O) groups is 1. The van der Waals surface area contributed by atoms with Crippen LogP contribution in [0.3, 0.4) is 0 Å². The van der Waals surface area contributed by atoms with Gasteiger partial charge >= 0.3 is 5.97 Å². The minimum Gasteiger partial charge on any atom is -0.481 e. The quantitative estimate of drug-likeness (QED) is 0.241. The Balaban J connectivity index is 0.958. The zero-order valence-corrected chi connectivity index (χ0v) is 36.3. The van der Waals surface area contributed by atoms with Crippen molar-refractivity contribution in [1.82, 2.24) is 10.2 Å². The molecule has 9 heteroatoms. The number of rotatable bonds is 10. The van der Waals surface area contributed by atoms with Gasteiger partial charge in [0, 0.05) is 31.7 Å². The third-order valence-corrected chi connectivity index (χ3v) is 20.1. The van der Waals surface area contributed by atoms with Gasteiger partial charge in [-0.1, -0.05) is 71.4 Å². The van der Waals surface area contributed by atoms with Crippen molar-refractivity contribution in [1.29, 1.82) is 5.26 Å². The van der Waals surface area contributed by atoms with Gasteiger partial charge in [-0.25, -0.2) is 8.42 Å². The van der Waals surface area contributed by atoms with Crippen molar-refractivity contribution < 1.29 is 23.1 Å². The minimum absolute atomic E-state index is 0.00821. The van der Waals surface area contributed by atoms with E-state index >= 15 is 0 Å². The molecule has 8 nitrogen and oxygen atoms in total. The van der Waals surface area contributed by atoms with E-state index in [1.807, 2.05) is 18.2 Å². The van der Waals surface area contributed by atoms with Crippen molar-refractivity contribution in [2.75, 3.05) is 44.3 Å². The second kappa shape index (κ2) is 14.9. The smallest absolute Gasteiger partial charge is 0.312 e. The summed E-state index contributed by atoms with van der Waals surface area (Å²) in [5.74, 6) is 2.55. The molecule has 8 rings (SSSR count). The molecule has 7 aliphatic rings. The van der Waals surface area contributed by atoms with Gasteiger partial charge in [0.2, 0.25) is 0 Å². The summed E-state index contributed by atoms with van der Waals surface area (Å²) in [4.78, 5) is 15.1. The number of benzene rings is 1. The lowest BCUT2D eigenvalue weighted by Crippen LogP contribution is -2.67. The summed E-state index contributed by atoms with van der Waals surface area (Å²) < 4.78 is 30.1. The third kappa shape index (κ3) is 6.79. The van der Waals surface area contributed by atoms with Crippen LogP contribution in [0.2, 0.25) is 0 Å². The van der Waals surface area contributed by atoms with Crippen molar-refractivity contribution in [2.45, 2.75) is 130 Å². The molecule has 1 saturated heterocycles. The van der Waals surface area contributed by atoms with Gasteiger partial charge < -0.3 is 20.1 Å². The van der Waals surface area contributed by atoms with Crippen LogP contribution in [-0.4, -0.2) is 74.2 Å². The topological polar surface area (TPSA) is 120 Å². The number of nitrogens with one attached hydrogen (secondary N) is 1. The first-order valence-electron chi connectivity index (χ1n) is 22.4. The predicted octanol–water partition coefficient (Wildman–Crippen LogP) is 8.72. The van der Waals surface area contributed by atoms with Crippen LogP contribution in [0.5, 0.6) is 0 Å². The largest absolute Gasteiger partial charge is 0.481 e. The lowest BCUT2D eigenvalue weighted by atomic mass is 9.33. The molecule has 1 aromatic carbocycles. The highest BCUT2D eigenvalue weighted by Crippen LogP contribution is 2.76. The summed E-state index contributed by atoms with van der Waals surface area (Å²) in [6.07, 6.45) is 19.4. The first kappa shape index (κ1) is 41.2. The monoisotopic (exact) mass is 799 g/mol. The number of carboxylic acid groups (broad SMARTS) is 1. The maximum atomic E-state index is 12.8. The van der Waals surface area contributed by atoms with Crippen LogP contribution in [0.15, 0.2) is 47.6 Å². The Kier molecular flexibility index (Phi) is 10.8. The molecule has 1 heterocycles. The molecule has 6 aliphatic carbocycles. The highest BCUT2D eigenvalue weighted by molar-refractivity contribution is 7.91. The molecule has 57 heavy (non-hydrogen) atoms. The Morgan fingerprint density at radius 1 is 0.912 bits per heavy atom. The Morgan fingerprint density at radius 3 is 2.40 bits per heavy atom. The van der Waals surface area contributed by atoms with E-state index in [2.05, 4.69) is 63.1 Å². The number of hydrogen-bond acceptors (Lipinski definition) is 7. The third-order valence-electron chi connectivity index (χ3n) is 18.5. The zero-order valence-electron chi connectivity index (χ0n) is 35.5. The molecule has 0 spiro atoms. The van der Waals surface area contributed by atoms with Gasteiger partial charge in [0.1, 0.15) is 0 Å². The lowest BCUT2D eigenvalue weighted by Gasteiger charge is -2.72. The van der Waals surface area contributed by atoms with Gasteiger partial charge in [0.25, 0.3) is 0 Å². The lowest BCUT2D eigenvalue weighted by molar-refractivity contribution is -0.218. The minimum atomic E-state index is -2.85.